The summed E-state index contributed by atoms with van der Waals surface area (Å²) in [7, 11) is 0. The first-order valence-corrected chi connectivity index (χ1v) is 6.64. The second kappa shape index (κ2) is 7.79. The second-order valence-electron chi connectivity index (χ2n) is 4.41. The number of halogens is 1. The lowest BCUT2D eigenvalue weighted by Gasteiger charge is -2.15. The minimum absolute atomic E-state index is 0.0854. The Kier molecular flexibility index (Phi) is 6.36. The molecule has 104 valence electrons. The fraction of sp³-hybridized carbons (Fsp3) is 0.429. The fourth-order valence-corrected chi connectivity index (χ4v) is 2.08. The van der Waals surface area contributed by atoms with E-state index in [0.717, 1.165) is 5.56 Å². The Morgan fingerprint density at radius 3 is 2.53 bits per heavy atom. The summed E-state index contributed by atoms with van der Waals surface area (Å²) in [5.41, 5.74) is 0.878. The smallest absolute Gasteiger partial charge is 0.303 e. The predicted octanol–water partition coefficient (Wildman–Crippen LogP) is 3.16. The van der Waals surface area contributed by atoms with Crippen LogP contribution in [0.4, 0.5) is 0 Å². The minimum atomic E-state index is -0.829. The Hall–Kier alpha value is -1.55. The molecule has 1 rings (SSSR count). The molecular formula is C14H18ClNO3. The number of hydrogen-bond donors (Lipinski definition) is 2. The second-order valence-corrected chi connectivity index (χ2v) is 4.82. The third-order valence-corrected chi connectivity index (χ3v) is 3.14. The van der Waals surface area contributed by atoms with Crippen LogP contribution in [0.2, 0.25) is 5.02 Å². The van der Waals surface area contributed by atoms with Crippen LogP contribution in [-0.4, -0.2) is 17.0 Å². The number of unbranched alkanes of at least 4 members (excludes halogenated alkanes) is 1. The molecule has 0 aliphatic carbocycles. The molecule has 0 aliphatic heterocycles. The van der Waals surface area contributed by atoms with Gasteiger partial charge in [0.05, 0.1) is 6.04 Å². The lowest BCUT2D eigenvalue weighted by Crippen LogP contribution is -2.26. The highest BCUT2D eigenvalue weighted by molar-refractivity contribution is 6.31. The van der Waals surface area contributed by atoms with Gasteiger partial charge in [0.1, 0.15) is 0 Å². The maximum absolute atomic E-state index is 11.7. The van der Waals surface area contributed by atoms with Gasteiger partial charge in [-0.2, -0.15) is 0 Å². The van der Waals surface area contributed by atoms with Gasteiger partial charge in [0.25, 0.3) is 0 Å². The van der Waals surface area contributed by atoms with Gasteiger partial charge >= 0.3 is 5.97 Å². The Balaban J connectivity index is 2.36. The molecule has 0 aromatic heterocycles. The van der Waals surface area contributed by atoms with Gasteiger partial charge in [-0.3, -0.25) is 9.59 Å². The van der Waals surface area contributed by atoms with Gasteiger partial charge in [-0.1, -0.05) is 29.8 Å². The van der Waals surface area contributed by atoms with Crippen LogP contribution < -0.4 is 5.32 Å². The summed E-state index contributed by atoms with van der Waals surface area (Å²) in [6.45, 7) is 1.87. The molecule has 0 saturated heterocycles. The molecule has 0 radical (unpaired) electrons. The van der Waals surface area contributed by atoms with E-state index in [1.807, 2.05) is 25.1 Å². The molecular weight excluding hydrogens is 266 g/mol. The molecule has 19 heavy (non-hydrogen) atoms. The summed E-state index contributed by atoms with van der Waals surface area (Å²) >= 11 is 6.05. The molecule has 0 aliphatic rings. The molecule has 1 amide bonds. The summed E-state index contributed by atoms with van der Waals surface area (Å²) in [6, 6.07) is 7.22. The molecule has 1 aromatic rings. The number of rotatable bonds is 7. The number of carbonyl (C=O) groups is 2. The van der Waals surface area contributed by atoms with Crippen molar-refractivity contribution in [1.29, 1.82) is 0 Å². The number of nitrogens with one attached hydrogen (secondary N) is 1. The van der Waals surface area contributed by atoms with E-state index >= 15 is 0 Å². The van der Waals surface area contributed by atoms with Gasteiger partial charge in [0.2, 0.25) is 5.91 Å². The van der Waals surface area contributed by atoms with Crippen molar-refractivity contribution in [2.45, 2.75) is 38.6 Å². The number of carboxylic acids is 1. The highest BCUT2D eigenvalue weighted by Crippen LogP contribution is 2.22. The Bertz CT molecular complexity index is 448. The third-order valence-electron chi connectivity index (χ3n) is 2.79. The Labute approximate surface area is 117 Å². The van der Waals surface area contributed by atoms with Gasteiger partial charge in [0, 0.05) is 17.9 Å². The van der Waals surface area contributed by atoms with Gasteiger partial charge in [-0.25, -0.2) is 0 Å². The van der Waals surface area contributed by atoms with Crippen molar-refractivity contribution in [2.24, 2.45) is 0 Å². The average molecular weight is 284 g/mol. The fourth-order valence-electron chi connectivity index (χ4n) is 1.78. The number of hydrogen-bond acceptors (Lipinski definition) is 2. The zero-order valence-electron chi connectivity index (χ0n) is 10.9. The summed E-state index contributed by atoms with van der Waals surface area (Å²) in [5, 5.41) is 12.0. The molecule has 0 spiro atoms. The maximum Gasteiger partial charge on any atom is 0.303 e. The van der Waals surface area contributed by atoms with Crippen molar-refractivity contribution in [3.63, 3.8) is 0 Å². The van der Waals surface area contributed by atoms with E-state index in [9.17, 15) is 9.59 Å². The van der Waals surface area contributed by atoms with Crippen molar-refractivity contribution < 1.29 is 14.7 Å². The Morgan fingerprint density at radius 1 is 1.26 bits per heavy atom. The predicted molar refractivity (Wildman–Crippen MR) is 74.1 cm³/mol. The number of carboxylic acid groups (broad SMARTS) is 1. The van der Waals surface area contributed by atoms with Crippen LogP contribution in [0.5, 0.6) is 0 Å². The molecule has 2 N–H and O–H groups in total. The standard InChI is InChI=1S/C14H18ClNO3/c1-10(11-6-2-3-7-12(11)15)16-13(17)8-4-5-9-14(18)19/h2-3,6-7,10H,4-5,8-9H2,1H3,(H,16,17)(H,18,19). The molecule has 4 nitrogen and oxygen atoms in total. The highest BCUT2D eigenvalue weighted by atomic mass is 35.5. The van der Waals surface area contributed by atoms with Crippen LogP contribution in [0.25, 0.3) is 0 Å². The number of aliphatic carboxylic acids is 1. The number of amides is 1. The van der Waals surface area contributed by atoms with E-state index in [0.29, 0.717) is 24.3 Å². The molecule has 0 fully saturated rings. The number of benzene rings is 1. The summed E-state index contributed by atoms with van der Waals surface area (Å²) in [6.07, 6.45) is 1.53. The van der Waals surface area contributed by atoms with Crippen molar-refractivity contribution in [2.75, 3.05) is 0 Å². The zero-order valence-corrected chi connectivity index (χ0v) is 11.6. The van der Waals surface area contributed by atoms with Crippen LogP contribution in [0.1, 0.15) is 44.2 Å². The summed E-state index contributed by atoms with van der Waals surface area (Å²) in [5.74, 6) is -0.914. The molecule has 1 unspecified atom stereocenters. The van der Waals surface area contributed by atoms with Gasteiger partial charge in [-0.15, -0.1) is 0 Å². The lowest BCUT2D eigenvalue weighted by atomic mass is 10.1. The van der Waals surface area contributed by atoms with E-state index in [1.165, 1.54) is 0 Å². The van der Waals surface area contributed by atoms with Crippen LogP contribution >= 0.6 is 11.6 Å². The van der Waals surface area contributed by atoms with Crippen LogP contribution in [0, 0.1) is 0 Å². The monoisotopic (exact) mass is 283 g/mol. The van der Waals surface area contributed by atoms with Gasteiger partial charge in [0.15, 0.2) is 0 Å². The summed E-state index contributed by atoms with van der Waals surface area (Å²) in [4.78, 5) is 22.0. The van der Waals surface area contributed by atoms with Crippen molar-refractivity contribution in [3.8, 4) is 0 Å². The third kappa shape index (κ3) is 5.75. The molecule has 0 heterocycles. The average Bonchev–Trinajstić information content (AvgIpc) is 2.35. The van der Waals surface area contributed by atoms with Crippen LogP contribution in [0.15, 0.2) is 24.3 Å². The van der Waals surface area contributed by atoms with E-state index in [1.54, 1.807) is 6.07 Å². The van der Waals surface area contributed by atoms with E-state index < -0.39 is 5.97 Å². The van der Waals surface area contributed by atoms with E-state index in [-0.39, 0.29) is 18.4 Å². The first-order chi connectivity index (χ1) is 9.00. The molecule has 0 bridgehead atoms. The largest absolute Gasteiger partial charge is 0.481 e. The summed E-state index contributed by atoms with van der Waals surface area (Å²) < 4.78 is 0. The molecule has 5 heteroatoms. The van der Waals surface area contributed by atoms with E-state index in [4.69, 9.17) is 16.7 Å². The topological polar surface area (TPSA) is 66.4 Å². The first kappa shape index (κ1) is 15.5. The van der Waals surface area contributed by atoms with Crippen molar-refractivity contribution in [3.05, 3.63) is 34.9 Å². The normalized spacial score (nSPS) is 11.9. The van der Waals surface area contributed by atoms with Gasteiger partial charge in [-0.05, 0) is 31.4 Å². The Morgan fingerprint density at radius 2 is 1.89 bits per heavy atom. The maximum atomic E-state index is 11.7. The molecule has 1 aromatic carbocycles. The highest BCUT2D eigenvalue weighted by Gasteiger charge is 2.11. The SMILES string of the molecule is CC(NC(=O)CCCCC(=O)O)c1ccccc1Cl. The van der Waals surface area contributed by atoms with Gasteiger partial charge < -0.3 is 10.4 Å². The van der Waals surface area contributed by atoms with E-state index in [2.05, 4.69) is 5.32 Å². The van der Waals surface area contributed by atoms with Crippen LogP contribution in [-0.2, 0) is 9.59 Å². The quantitative estimate of drug-likeness (QED) is 0.755. The molecule has 0 saturated carbocycles. The molecule has 1 atom stereocenters. The minimum Gasteiger partial charge on any atom is -0.481 e. The first-order valence-electron chi connectivity index (χ1n) is 6.26. The van der Waals surface area contributed by atoms with Crippen LogP contribution in [0.3, 0.4) is 0 Å². The number of carbonyl (C=O) groups excluding carboxylic acids is 1. The lowest BCUT2D eigenvalue weighted by molar-refractivity contribution is -0.137. The van der Waals surface area contributed by atoms with Crippen molar-refractivity contribution in [1.82, 2.24) is 5.32 Å². The van der Waals surface area contributed by atoms with Crippen molar-refractivity contribution >= 4 is 23.5 Å². The zero-order chi connectivity index (χ0) is 14.3.